The number of hydrogen-bond donors (Lipinski definition) is 3. The van der Waals surface area contributed by atoms with Crippen molar-refractivity contribution in [3.8, 4) is 0 Å². The van der Waals surface area contributed by atoms with E-state index in [0.717, 1.165) is 25.8 Å². The summed E-state index contributed by atoms with van der Waals surface area (Å²) in [6.07, 6.45) is 4.44. The van der Waals surface area contributed by atoms with Gasteiger partial charge in [0.15, 0.2) is 0 Å². The lowest BCUT2D eigenvalue weighted by Crippen LogP contribution is -2.60. The van der Waals surface area contributed by atoms with E-state index in [1.165, 1.54) is 6.92 Å². The van der Waals surface area contributed by atoms with Crippen molar-refractivity contribution in [2.45, 2.75) is 98.8 Å². The van der Waals surface area contributed by atoms with Gasteiger partial charge < -0.3 is 15.7 Å². The Hall–Kier alpha value is -1.89. The van der Waals surface area contributed by atoms with Crippen LogP contribution >= 0.6 is 0 Å². The van der Waals surface area contributed by atoms with Gasteiger partial charge in [-0.15, -0.1) is 0 Å². The molecule has 1 heterocycles. The average Bonchev–Trinajstić information content (AvgIpc) is 2.63. The quantitative estimate of drug-likeness (QED) is 0.521. The van der Waals surface area contributed by atoms with Crippen LogP contribution in [0.15, 0.2) is 11.6 Å². The molecule has 0 aromatic carbocycles. The zero-order chi connectivity index (χ0) is 23.2. The third-order valence-electron chi connectivity index (χ3n) is 5.72. The standard InChI is InChI=1S/C23H41N3O4/c1-14(2)17(13-16(5)22(29)30)24-21(28)19(23(6,7)8)25-20(27)18-11-9-10-12-26(18)15(3)4/h13-15,17-19H,9-12H2,1-8H3,(H,24,28)(H,25,27)(H,29,30)/b16-13+/t17-,18?,19-/m1/s1. The van der Waals surface area contributed by atoms with Crippen LogP contribution in [0, 0.1) is 11.3 Å². The fraction of sp³-hybridized carbons (Fsp3) is 0.783. The molecule has 2 amide bonds. The average molecular weight is 424 g/mol. The Balaban J connectivity index is 3.03. The topological polar surface area (TPSA) is 98.7 Å². The first kappa shape index (κ1) is 26.1. The number of likely N-dealkylation sites (tertiary alicyclic amines) is 1. The van der Waals surface area contributed by atoms with Gasteiger partial charge in [0.05, 0.1) is 12.1 Å². The maximum absolute atomic E-state index is 13.2. The molecule has 1 saturated heterocycles. The molecule has 0 saturated carbocycles. The van der Waals surface area contributed by atoms with Gasteiger partial charge in [-0.05, 0) is 51.5 Å². The minimum atomic E-state index is -1.01. The summed E-state index contributed by atoms with van der Waals surface area (Å²) in [6.45, 7) is 16.2. The molecule has 1 aliphatic heterocycles. The van der Waals surface area contributed by atoms with E-state index >= 15 is 0 Å². The van der Waals surface area contributed by atoms with E-state index in [0.29, 0.717) is 0 Å². The highest BCUT2D eigenvalue weighted by atomic mass is 16.4. The van der Waals surface area contributed by atoms with Gasteiger partial charge in [-0.25, -0.2) is 4.79 Å². The number of hydrogen-bond acceptors (Lipinski definition) is 4. The third-order valence-corrected chi connectivity index (χ3v) is 5.72. The summed E-state index contributed by atoms with van der Waals surface area (Å²) in [5.41, 5.74) is -0.315. The largest absolute Gasteiger partial charge is 0.478 e. The number of piperidine rings is 1. The molecule has 1 rings (SSSR count). The molecule has 0 aliphatic carbocycles. The van der Waals surface area contributed by atoms with E-state index < -0.39 is 23.5 Å². The van der Waals surface area contributed by atoms with Gasteiger partial charge in [0.25, 0.3) is 0 Å². The van der Waals surface area contributed by atoms with E-state index in [2.05, 4.69) is 29.4 Å². The summed E-state index contributed by atoms with van der Waals surface area (Å²) in [6, 6.07) is -1.12. The Labute approximate surface area is 181 Å². The molecule has 0 aromatic rings. The molecule has 0 aromatic heterocycles. The molecule has 1 unspecified atom stereocenters. The molecule has 0 radical (unpaired) electrons. The molecule has 1 fully saturated rings. The van der Waals surface area contributed by atoms with Crippen LogP contribution in [0.1, 0.15) is 74.7 Å². The number of carboxylic acids is 1. The number of nitrogens with one attached hydrogen (secondary N) is 2. The molecule has 3 N–H and O–H groups in total. The normalized spacial score (nSPS) is 20.7. The van der Waals surface area contributed by atoms with Crippen LogP contribution in [0.3, 0.4) is 0 Å². The van der Waals surface area contributed by atoms with Gasteiger partial charge in [0.2, 0.25) is 11.8 Å². The number of carbonyl (C=O) groups is 3. The van der Waals surface area contributed by atoms with Gasteiger partial charge in [-0.1, -0.05) is 47.1 Å². The van der Waals surface area contributed by atoms with Crippen molar-refractivity contribution in [1.82, 2.24) is 15.5 Å². The van der Waals surface area contributed by atoms with Gasteiger partial charge in [-0.2, -0.15) is 0 Å². The monoisotopic (exact) mass is 423 g/mol. The van der Waals surface area contributed by atoms with E-state index in [9.17, 15) is 19.5 Å². The fourth-order valence-electron chi connectivity index (χ4n) is 3.76. The van der Waals surface area contributed by atoms with Crippen molar-refractivity contribution in [3.63, 3.8) is 0 Å². The summed E-state index contributed by atoms with van der Waals surface area (Å²) in [5.74, 6) is -1.41. The summed E-state index contributed by atoms with van der Waals surface area (Å²) in [4.78, 5) is 39.7. The lowest BCUT2D eigenvalue weighted by atomic mass is 9.85. The highest BCUT2D eigenvalue weighted by molar-refractivity contribution is 5.91. The maximum Gasteiger partial charge on any atom is 0.331 e. The Kier molecular flexibility index (Phi) is 9.53. The molecular formula is C23H41N3O4. The number of amides is 2. The van der Waals surface area contributed by atoms with Crippen LogP contribution in [-0.4, -0.2) is 58.5 Å². The predicted molar refractivity (Wildman–Crippen MR) is 119 cm³/mol. The first-order valence-corrected chi connectivity index (χ1v) is 11.0. The van der Waals surface area contributed by atoms with E-state index in [1.54, 1.807) is 6.08 Å². The molecule has 1 aliphatic rings. The Bertz CT molecular complexity index is 649. The molecular weight excluding hydrogens is 382 g/mol. The smallest absolute Gasteiger partial charge is 0.331 e. The van der Waals surface area contributed by atoms with E-state index in [-0.39, 0.29) is 35.4 Å². The van der Waals surface area contributed by atoms with Crippen LogP contribution in [0.25, 0.3) is 0 Å². The molecule has 30 heavy (non-hydrogen) atoms. The molecule has 7 heteroatoms. The zero-order valence-corrected chi connectivity index (χ0v) is 19.9. The van der Waals surface area contributed by atoms with Crippen LogP contribution in [0.2, 0.25) is 0 Å². The summed E-state index contributed by atoms with van der Waals surface area (Å²) >= 11 is 0. The summed E-state index contributed by atoms with van der Waals surface area (Å²) < 4.78 is 0. The van der Waals surface area contributed by atoms with Gasteiger partial charge in [-0.3, -0.25) is 14.5 Å². The number of nitrogens with zero attached hydrogens (tertiary/aromatic N) is 1. The van der Waals surface area contributed by atoms with Gasteiger partial charge in [0.1, 0.15) is 6.04 Å². The molecule has 0 bridgehead atoms. The molecule has 172 valence electrons. The number of carboxylic acid groups (broad SMARTS) is 1. The predicted octanol–water partition coefficient (Wildman–Crippen LogP) is 2.95. The Morgan fingerprint density at radius 1 is 1.07 bits per heavy atom. The van der Waals surface area contributed by atoms with Crippen molar-refractivity contribution in [3.05, 3.63) is 11.6 Å². The summed E-state index contributed by atoms with van der Waals surface area (Å²) in [7, 11) is 0. The number of carbonyl (C=O) groups excluding carboxylic acids is 2. The molecule has 0 spiro atoms. The van der Waals surface area contributed by atoms with Crippen LogP contribution in [0.5, 0.6) is 0 Å². The Morgan fingerprint density at radius 2 is 1.67 bits per heavy atom. The number of rotatable bonds is 8. The lowest BCUT2D eigenvalue weighted by Gasteiger charge is -2.39. The van der Waals surface area contributed by atoms with Gasteiger partial charge in [0, 0.05) is 11.6 Å². The SMILES string of the molecule is C/C(=C\[C@@H](NC(=O)[C@@H](NC(=O)C1CCCCN1C(C)C)C(C)(C)C)C(C)C)C(=O)O. The Morgan fingerprint density at radius 3 is 2.13 bits per heavy atom. The second-order valence-electron chi connectivity index (χ2n) is 10.1. The van der Waals surface area contributed by atoms with Crippen molar-refractivity contribution in [2.24, 2.45) is 11.3 Å². The molecule has 7 nitrogen and oxygen atoms in total. The minimum Gasteiger partial charge on any atom is -0.478 e. The second-order valence-corrected chi connectivity index (χ2v) is 10.1. The third kappa shape index (κ3) is 7.42. The number of aliphatic carboxylic acids is 1. The van der Waals surface area contributed by atoms with Crippen LogP contribution in [0.4, 0.5) is 0 Å². The van der Waals surface area contributed by atoms with Crippen molar-refractivity contribution in [1.29, 1.82) is 0 Å². The van der Waals surface area contributed by atoms with Crippen LogP contribution in [-0.2, 0) is 14.4 Å². The lowest BCUT2D eigenvalue weighted by molar-refractivity contribution is -0.136. The van der Waals surface area contributed by atoms with Crippen molar-refractivity contribution >= 4 is 17.8 Å². The second kappa shape index (κ2) is 10.9. The van der Waals surface area contributed by atoms with E-state index in [4.69, 9.17) is 0 Å². The summed E-state index contributed by atoms with van der Waals surface area (Å²) in [5, 5.41) is 15.1. The molecule has 3 atom stereocenters. The fourth-order valence-corrected chi connectivity index (χ4v) is 3.76. The zero-order valence-electron chi connectivity index (χ0n) is 19.9. The minimum absolute atomic E-state index is 0.00865. The van der Waals surface area contributed by atoms with E-state index in [1.807, 2.05) is 34.6 Å². The van der Waals surface area contributed by atoms with Crippen molar-refractivity contribution in [2.75, 3.05) is 6.54 Å². The highest BCUT2D eigenvalue weighted by Gasteiger charge is 2.37. The van der Waals surface area contributed by atoms with Crippen molar-refractivity contribution < 1.29 is 19.5 Å². The first-order chi connectivity index (χ1) is 13.8. The maximum atomic E-state index is 13.2. The highest BCUT2D eigenvalue weighted by Crippen LogP contribution is 2.23. The van der Waals surface area contributed by atoms with Gasteiger partial charge >= 0.3 is 5.97 Å². The van der Waals surface area contributed by atoms with Crippen LogP contribution < -0.4 is 10.6 Å². The first-order valence-electron chi connectivity index (χ1n) is 11.0.